The predicted octanol–water partition coefficient (Wildman–Crippen LogP) is 3.79. The van der Waals surface area contributed by atoms with Crippen molar-refractivity contribution in [3.63, 3.8) is 0 Å². The van der Waals surface area contributed by atoms with Crippen LogP contribution in [0.3, 0.4) is 0 Å². The van der Waals surface area contributed by atoms with Crippen molar-refractivity contribution < 1.29 is 9.47 Å². The number of benzene rings is 1. The van der Waals surface area contributed by atoms with E-state index < -0.39 is 0 Å². The molecule has 2 rings (SSSR count). The molecule has 1 saturated heterocycles. The average molecular weight is 298 g/mol. The molecule has 4 heteroatoms. The lowest BCUT2D eigenvalue weighted by molar-refractivity contribution is -0.0110. The van der Waals surface area contributed by atoms with E-state index in [0.717, 1.165) is 44.7 Å². The van der Waals surface area contributed by atoms with E-state index in [9.17, 15) is 0 Å². The van der Waals surface area contributed by atoms with Crippen LogP contribution in [0.2, 0.25) is 5.02 Å². The lowest BCUT2D eigenvalue weighted by atomic mass is 10.1. The predicted molar refractivity (Wildman–Crippen MR) is 82.5 cm³/mol. The van der Waals surface area contributed by atoms with Crippen LogP contribution < -0.4 is 10.1 Å². The van der Waals surface area contributed by atoms with Crippen molar-refractivity contribution in [2.45, 2.75) is 45.3 Å². The van der Waals surface area contributed by atoms with Crippen LogP contribution in [0.25, 0.3) is 0 Å². The standard InChI is InChI=1S/C16H24ClNO2/c1-2-8-18-11-13-6-7-16(15(17)10-13)20-12-14-5-3-4-9-19-14/h6-7,10,14,18H,2-5,8-9,11-12H2,1H3. The molecule has 0 bridgehead atoms. The summed E-state index contributed by atoms with van der Waals surface area (Å²) < 4.78 is 11.4. The first kappa shape index (κ1) is 15.6. The second-order valence-corrected chi connectivity index (χ2v) is 5.65. The molecule has 0 radical (unpaired) electrons. The topological polar surface area (TPSA) is 30.5 Å². The van der Waals surface area contributed by atoms with Crippen LogP contribution in [0.15, 0.2) is 18.2 Å². The molecule has 1 aromatic rings. The second-order valence-electron chi connectivity index (χ2n) is 5.24. The number of hydrogen-bond donors (Lipinski definition) is 1. The highest BCUT2D eigenvalue weighted by Gasteiger charge is 2.15. The third kappa shape index (κ3) is 4.97. The van der Waals surface area contributed by atoms with Crippen molar-refractivity contribution in [2.24, 2.45) is 0 Å². The lowest BCUT2D eigenvalue weighted by Gasteiger charge is -2.22. The molecule has 1 atom stereocenters. The van der Waals surface area contributed by atoms with Gasteiger partial charge in [-0.05, 0) is 49.9 Å². The van der Waals surface area contributed by atoms with Crippen molar-refractivity contribution >= 4 is 11.6 Å². The van der Waals surface area contributed by atoms with Crippen LogP contribution >= 0.6 is 11.6 Å². The summed E-state index contributed by atoms with van der Waals surface area (Å²) in [7, 11) is 0. The summed E-state index contributed by atoms with van der Waals surface area (Å²) in [6.07, 6.45) is 4.82. The Morgan fingerprint density at radius 3 is 3.00 bits per heavy atom. The quantitative estimate of drug-likeness (QED) is 0.777. The van der Waals surface area contributed by atoms with Crippen LogP contribution in [0.1, 0.15) is 38.2 Å². The van der Waals surface area contributed by atoms with Gasteiger partial charge < -0.3 is 14.8 Å². The van der Waals surface area contributed by atoms with Crippen LogP contribution in [-0.2, 0) is 11.3 Å². The Labute approximate surface area is 126 Å². The van der Waals surface area contributed by atoms with Crippen LogP contribution in [0.4, 0.5) is 0 Å². The second kappa shape index (κ2) is 8.50. The van der Waals surface area contributed by atoms with Gasteiger partial charge in [-0.15, -0.1) is 0 Å². The van der Waals surface area contributed by atoms with E-state index in [-0.39, 0.29) is 6.10 Å². The lowest BCUT2D eigenvalue weighted by Crippen LogP contribution is -2.25. The first-order valence-electron chi connectivity index (χ1n) is 7.53. The molecular formula is C16H24ClNO2. The van der Waals surface area contributed by atoms with Gasteiger partial charge in [-0.1, -0.05) is 24.6 Å². The van der Waals surface area contributed by atoms with E-state index in [4.69, 9.17) is 21.1 Å². The smallest absolute Gasteiger partial charge is 0.138 e. The zero-order valence-electron chi connectivity index (χ0n) is 12.2. The Bertz CT molecular complexity index is 405. The maximum Gasteiger partial charge on any atom is 0.138 e. The molecule has 1 heterocycles. The maximum absolute atomic E-state index is 6.27. The highest BCUT2D eigenvalue weighted by molar-refractivity contribution is 6.32. The summed E-state index contributed by atoms with van der Waals surface area (Å²) >= 11 is 6.27. The summed E-state index contributed by atoms with van der Waals surface area (Å²) in [5.41, 5.74) is 1.18. The van der Waals surface area contributed by atoms with Crippen molar-refractivity contribution in [2.75, 3.05) is 19.8 Å². The Balaban J connectivity index is 1.82. The number of hydrogen-bond acceptors (Lipinski definition) is 3. The average Bonchev–Trinajstić information content (AvgIpc) is 2.48. The molecule has 20 heavy (non-hydrogen) atoms. The van der Waals surface area contributed by atoms with E-state index in [1.54, 1.807) is 0 Å². The van der Waals surface area contributed by atoms with Gasteiger partial charge >= 0.3 is 0 Å². The molecule has 1 fully saturated rings. The monoisotopic (exact) mass is 297 g/mol. The van der Waals surface area contributed by atoms with E-state index in [2.05, 4.69) is 18.3 Å². The van der Waals surface area contributed by atoms with E-state index >= 15 is 0 Å². The van der Waals surface area contributed by atoms with Gasteiger partial charge in [0.05, 0.1) is 11.1 Å². The maximum atomic E-state index is 6.27. The number of rotatable bonds is 7. The molecule has 0 aromatic heterocycles. The van der Waals surface area contributed by atoms with Crippen LogP contribution in [0.5, 0.6) is 5.75 Å². The summed E-state index contributed by atoms with van der Waals surface area (Å²) in [4.78, 5) is 0. The zero-order valence-corrected chi connectivity index (χ0v) is 12.9. The van der Waals surface area contributed by atoms with E-state index in [1.165, 1.54) is 12.0 Å². The molecule has 1 unspecified atom stereocenters. The van der Waals surface area contributed by atoms with Gasteiger partial charge in [0, 0.05) is 13.2 Å². The van der Waals surface area contributed by atoms with Gasteiger partial charge in [-0.2, -0.15) is 0 Å². The largest absolute Gasteiger partial charge is 0.489 e. The molecule has 1 aliphatic heterocycles. The van der Waals surface area contributed by atoms with E-state index in [0.29, 0.717) is 11.6 Å². The van der Waals surface area contributed by atoms with Crippen molar-refractivity contribution in [1.29, 1.82) is 0 Å². The highest BCUT2D eigenvalue weighted by Crippen LogP contribution is 2.26. The summed E-state index contributed by atoms with van der Waals surface area (Å²) in [5, 5.41) is 4.04. The first-order chi connectivity index (χ1) is 9.79. The Kier molecular flexibility index (Phi) is 6.64. The van der Waals surface area contributed by atoms with Gasteiger partial charge in [-0.25, -0.2) is 0 Å². The molecule has 1 aliphatic rings. The van der Waals surface area contributed by atoms with Crippen LogP contribution in [-0.4, -0.2) is 25.9 Å². The molecular weight excluding hydrogens is 274 g/mol. The molecule has 1 N–H and O–H groups in total. The highest BCUT2D eigenvalue weighted by atomic mass is 35.5. The van der Waals surface area contributed by atoms with Gasteiger partial charge in [0.2, 0.25) is 0 Å². The molecule has 1 aromatic carbocycles. The summed E-state index contributed by atoms with van der Waals surface area (Å²) in [6.45, 7) is 5.47. The minimum Gasteiger partial charge on any atom is -0.489 e. The fraction of sp³-hybridized carbons (Fsp3) is 0.625. The molecule has 0 amide bonds. The molecule has 0 aliphatic carbocycles. The molecule has 0 saturated carbocycles. The van der Waals surface area contributed by atoms with Gasteiger partial charge in [0.1, 0.15) is 12.4 Å². The van der Waals surface area contributed by atoms with Crippen molar-refractivity contribution in [3.05, 3.63) is 28.8 Å². The normalized spacial score (nSPS) is 19.0. The number of nitrogens with one attached hydrogen (secondary N) is 1. The summed E-state index contributed by atoms with van der Waals surface area (Å²) in [6, 6.07) is 5.99. The van der Waals surface area contributed by atoms with Gasteiger partial charge in [0.25, 0.3) is 0 Å². The van der Waals surface area contributed by atoms with Gasteiger partial charge in [-0.3, -0.25) is 0 Å². The fourth-order valence-electron chi connectivity index (χ4n) is 2.30. The van der Waals surface area contributed by atoms with Crippen molar-refractivity contribution in [3.8, 4) is 5.75 Å². The minimum atomic E-state index is 0.214. The Morgan fingerprint density at radius 2 is 2.30 bits per heavy atom. The van der Waals surface area contributed by atoms with Gasteiger partial charge in [0.15, 0.2) is 0 Å². The zero-order chi connectivity index (χ0) is 14.2. The van der Waals surface area contributed by atoms with Crippen LogP contribution in [0, 0.1) is 0 Å². The first-order valence-corrected chi connectivity index (χ1v) is 7.91. The van der Waals surface area contributed by atoms with E-state index in [1.807, 2.05) is 12.1 Å². The number of ether oxygens (including phenoxy) is 2. The van der Waals surface area contributed by atoms with Crippen molar-refractivity contribution in [1.82, 2.24) is 5.32 Å². The number of halogens is 1. The molecule has 0 spiro atoms. The molecule has 3 nitrogen and oxygen atoms in total. The third-order valence-corrected chi connectivity index (χ3v) is 3.75. The molecule has 112 valence electrons. The minimum absolute atomic E-state index is 0.214. The Hall–Kier alpha value is -0.770. The summed E-state index contributed by atoms with van der Waals surface area (Å²) in [5.74, 6) is 0.750. The third-order valence-electron chi connectivity index (χ3n) is 3.45. The Morgan fingerprint density at radius 1 is 1.40 bits per heavy atom. The SMILES string of the molecule is CCCNCc1ccc(OCC2CCCCO2)c(Cl)c1. The fourth-order valence-corrected chi connectivity index (χ4v) is 2.56.